The zero-order valence-electron chi connectivity index (χ0n) is 11.2. The molecule has 3 nitrogen and oxygen atoms in total. The van der Waals surface area contributed by atoms with Crippen molar-refractivity contribution in [2.75, 3.05) is 6.54 Å². The van der Waals surface area contributed by atoms with Crippen molar-refractivity contribution in [2.45, 2.75) is 71.0 Å². The summed E-state index contributed by atoms with van der Waals surface area (Å²) in [7, 11) is 0. The van der Waals surface area contributed by atoms with Crippen molar-refractivity contribution < 1.29 is 4.79 Å². The van der Waals surface area contributed by atoms with Crippen molar-refractivity contribution in [3.8, 4) is 0 Å². The Bertz CT molecular complexity index is 257. The Hall–Kier alpha value is -0.570. The molecule has 1 aliphatic carbocycles. The van der Waals surface area contributed by atoms with Crippen LogP contribution in [0.25, 0.3) is 0 Å². The summed E-state index contributed by atoms with van der Waals surface area (Å²) in [6.07, 6.45) is 9.33. The normalized spacial score (nSPS) is 28.5. The number of carbonyl (C=O) groups is 1. The van der Waals surface area contributed by atoms with Gasteiger partial charge in [-0.1, -0.05) is 46.0 Å². The first kappa shape index (κ1) is 12.9. The molecule has 1 saturated heterocycles. The largest absolute Gasteiger partial charge is 0.323 e. The molecule has 1 heterocycles. The number of hydrogen-bond donors (Lipinski definition) is 1. The summed E-state index contributed by atoms with van der Waals surface area (Å²) in [5, 5.41) is 3.37. The van der Waals surface area contributed by atoms with Gasteiger partial charge in [0.05, 0.1) is 12.7 Å². The van der Waals surface area contributed by atoms with Gasteiger partial charge in [0, 0.05) is 6.04 Å². The Morgan fingerprint density at radius 3 is 2.29 bits per heavy atom. The summed E-state index contributed by atoms with van der Waals surface area (Å²) in [5.41, 5.74) is 0. The fourth-order valence-corrected chi connectivity index (χ4v) is 3.24. The standard InChI is InChI=1S/C14H26N2O/c1-11(2)14-15-10-13(17)16(14)12-8-6-4-3-5-7-9-12/h11-12,14-15H,3-10H2,1-2H3. The predicted molar refractivity (Wildman–Crippen MR) is 69.6 cm³/mol. The van der Waals surface area contributed by atoms with Crippen LogP contribution in [0, 0.1) is 5.92 Å². The Balaban J connectivity index is 2.03. The van der Waals surface area contributed by atoms with Crippen molar-refractivity contribution in [3.05, 3.63) is 0 Å². The number of carbonyl (C=O) groups excluding carboxylic acids is 1. The van der Waals surface area contributed by atoms with Gasteiger partial charge in [0.1, 0.15) is 0 Å². The smallest absolute Gasteiger partial charge is 0.238 e. The zero-order valence-corrected chi connectivity index (χ0v) is 11.2. The van der Waals surface area contributed by atoms with Crippen LogP contribution in [-0.2, 0) is 4.79 Å². The summed E-state index contributed by atoms with van der Waals surface area (Å²) in [6.45, 7) is 4.94. The fourth-order valence-electron chi connectivity index (χ4n) is 3.24. The lowest BCUT2D eigenvalue weighted by molar-refractivity contribution is -0.131. The quantitative estimate of drug-likeness (QED) is 0.801. The van der Waals surface area contributed by atoms with Crippen molar-refractivity contribution in [1.82, 2.24) is 10.2 Å². The van der Waals surface area contributed by atoms with Crippen molar-refractivity contribution in [1.29, 1.82) is 0 Å². The molecule has 1 unspecified atom stereocenters. The van der Waals surface area contributed by atoms with E-state index in [1.165, 1.54) is 44.9 Å². The van der Waals surface area contributed by atoms with E-state index in [9.17, 15) is 4.79 Å². The van der Waals surface area contributed by atoms with Crippen molar-refractivity contribution >= 4 is 5.91 Å². The molecule has 2 rings (SSSR count). The minimum Gasteiger partial charge on any atom is -0.323 e. The second-order valence-corrected chi connectivity index (χ2v) is 5.87. The summed E-state index contributed by atoms with van der Waals surface area (Å²) >= 11 is 0. The first-order valence-corrected chi connectivity index (χ1v) is 7.24. The van der Waals surface area contributed by atoms with Crippen LogP contribution in [0.3, 0.4) is 0 Å². The van der Waals surface area contributed by atoms with Gasteiger partial charge >= 0.3 is 0 Å². The predicted octanol–water partition coefficient (Wildman–Crippen LogP) is 2.51. The van der Waals surface area contributed by atoms with Gasteiger partial charge in [-0.2, -0.15) is 0 Å². The van der Waals surface area contributed by atoms with Gasteiger partial charge in [-0.05, 0) is 18.8 Å². The maximum atomic E-state index is 12.1. The maximum Gasteiger partial charge on any atom is 0.238 e. The third kappa shape index (κ3) is 3.01. The molecular weight excluding hydrogens is 212 g/mol. The molecular formula is C14H26N2O. The monoisotopic (exact) mass is 238 g/mol. The van der Waals surface area contributed by atoms with Crippen LogP contribution in [0.15, 0.2) is 0 Å². The third-order valence-corrected chi connectivity index (χ3v) is 4.15. The molecule has 1 amide bonds. The number of hydrogen-bond acceptors (Lipinski definition) is 2. The van der Waals surface area contributed by atoms with Crippen molar-refractivity contribution in [3.63, 3.8) is 0 Å². The zero-order chi connectivity index (χ0) is 12.3. The lowest BCUT2D eigenvalue weighted by Gasteiger charge is -2.35. The molecule has 0 aromatic heterocycles. The van der Waals surface area contributed by atoms with E-state index in [2.05, 4.69) is 24.1 Å². The van der Waals surface area contributed by atoms with Gasteiger partial charge in [0.15, 0.2) is 0 Å². The molecule has 1 atom stereocenters. The second kappa shape index (κ2) is 5.85. The van der Waals surface area contributed by atoms with Crippen LogP contribution in [0.5, 0.6) is 0 Å². The highest BCUT2D eigenvalue weighted by atomic mass is 16.2. The lowest BCUT2D eigenvalue weighted by atomic mass is 9.94. The summed E-state index contributed by atoms with van der Waals surface area (Å²) in [5.74, 6) is 0.821. The Morgan fingerprint density at radius 1 is 1.12 bits per heavy atom. The molecule has 0 spiro atoms. The van der Waals surface area contributed by atoms with E-state index in [1.807, 2.05) is 0 Å². The molecule has 2 fully saturated rings. The maximum absolute atomic E-state index is 12.1. The van der Waals surface area contributed by atoms with Gasteiger partial charge in [-0.25, -0.2) is 0 Å². The molecule has 3 heteroatoms. The molecule has 0 aromatic rings. The molecule has 1 aliphatic heterocycles. The number of rotatable bonds is 2. The van der Waals surface area contributed by atoms with Crippen LogP contribution < -0.4 is 5.32 Å². The number of nitrogens with zero attached hydrogens (tertiary/aromatic N) is 1. The molecule has 1 N–H and O–H groups in total. The molecule has 2 aliphatic rings. The molecule has 17 heavy (non-hydrogen) atoms. The SMILES string of the molecule is CC(C)C1NCC(=O)N1C1CCCCCCC1. The van der Waals surface area contributed by atoms with E-state index in [-0.39, 0.29) is 6.17 Å². The Kier molecular flexibility index (Phi) is 4.43. The topological polar surface area (TPSA) is 32.3 Å². The van der Waals surface area contributed by atoms with E-state index in [0.717, 1.165) is 0 Å². The average Bonchev–Trinajstić information content (AvgIpc) is 2.60. The van der Waals surface area contributed by atoms with Crippen LogP contribution in [-0.4, -0.2) is 29.6 Å². The van der Waals surface area contributed by atoms with Gasteiger partial charge in [0.25, 0.3) is 0 Å². The minimum atomic E-state index is 0.270. The first-order valence-electron chi connectivity index (χ1n) is 7.24. The highest BCUT2D eigenvalue weighted by Gasteiger charge is 2.36. The van der Waals surface area contributed by atoms with Gasteiger partial charge < -0.3 is 4.90 Å². The Labute approximate surface area is 105 Å². The second-order valence-electron chi connectivity index (χ2n) is 5.87. The van der Waals surface area contributed by atoms with Crippen molar-refractivity contribution in [2.24, 2.45) is 5.92 Å². The van der Waals surface area contributed by atoms with Gasteiger partial charge in [0.2, 0.25) is 5.91 Å². The molecule has 0 bridgehead atoms. The summed E-state index contributed by atoms with van der Waals surface area (Å²) < 4.78 is 0. The molecule has 0 radical (unpaired) electrons. The van der Waals surface area contributed by atoms with Gasteiger partial charge in [-0.15, -0.1) is 0 Å². The van der Waals surface area contributed by atoms with Gasteiger partial charge in [-0.3, -0.25) is 10.1 Å². The van der Waals surface area contributed by atoms with E-state index < -0.39 is 0 Å². The third-order valence-electron chi connectivity index (χ3n) is 4.15. The molecule has 98 valence electrons. The Morgan fingerprint density at radius 2 is 1.71 bits per heavy atom. The van der Waals surface area contributed by atoms with E-state index in [1.54, 1.807) is 0 Å². The van der Waals surface area contributed by atoms with Crippen LogP contribution in [0.1, 0.15) is 58.8 Å². The van der Waals surface area contributed by atoms with Crippen LogP contribution in [0.2, 0.25) is 0 Å². The first-order chi connectivity index (χ1) is 8.20. The summed E-state index contributed by atoms with van der Waals surface area (Å²) in [4.78, 5) is 14.2. The van der Waals surface area contributed by atoms with E-state index >= 15 is 0 Å². The lowest BCUT2D eigenvalue weighted by Crippen LogP contribution is -2.47. The highest BCUT2D eigenvalue weighted by molar-refractivity contribution is 5.81. The minimum absolute atomic E-state index is 0.270. The summed E-state index contributed by atoms with van der Waals surface area (Å²) in [6, 6.07) is 0.491. The van der Waals surface area contributed by atoms with E-state index in [0.29, 0.717) is 24.4 Å². The molecule has 1 saturated carbocycles. The van der Waals surface area contributed by atoms with Crippen LogP contribution >= 0.6 is 0 Å². The average molecular weight is 238 g/mol. The fraction of sp³-hybridized carbons (Fsp3) is 0.929. The highest BCUT2D eigenvalue weighted by Crippen LogP contribution is 2.26. The van der Waals surface area contributed by atoms with E-state index in [4.69, 9.17) is 0 Å². The molecule has 0 aromatic carbocycles. The number of amides is 1. The number of nitrogens with one attached hydrogen (secondary N) is 1. The van der Waals surface area contributed by atoms with Crippen LogP contribution in [0.4, 0.5) is 0 Å².